The molecule has 0 bridgehead atoms. The number of aryl methyl sites for hydroxylation is 2. The van der Waals surface area contributed by atoms with Crippen LogP contribution in [0.1, 0.15) is 47.6 Å². The Morgan fingerprint density at radius 1 is 1.25 bits per heavy atom. The van der Waals surface area contributed by atoms with E-state index >= 15 is 0 Å². The fourth-order valence-corrected chi connectivity index (χ4v) is 5.34. The van der Waals surface area contributed by atoms with Gasteiger partial charge in [0.1, 0.15) is 11.5 Å². The van der Waals surface area contributed by atoms with Crippen LogP contribution in [0.3, 0.4) is 0 Å². The third-order valence-electron chi connectivity index (χ3n) is 3.50. The molecule has 0 aliphatic carbocycles. The minimum atomic E-state index is 0.171. The topological polar surface area (TPSA) is 25.2 Å². The highest BCUT2D eigenvalue weighted by atomic mass is 79.9. The summed E-state index contributed by atoms with van der Waals surface area (Å²) >= 11 is 8.96. The van der Waals surface area contributed by atoms with Gasteiger partial charge in [-0.1, -0.05) is 6.92 Å². The fraction of sp³-hybridized carbons (Fsp3) is 0.467. The van der Waals surface area contributed by atoms with Gasteiger partial charge in [-0.15, -0.1) is 11.3 Å². The first kappa shape index (κ1) is 16.3. The molecule has 0 fully saturated rings. The molecular formula is C15H19Br2NOS. The molecule has 0 amide bonds. The highest BCUT2D eigenvalue weighted by Gasteiger charge is 2.25. The summed E-state index contributed by atoms with van der Waals surface area (Å²) in [7, 11) is 0. The molecule has 2 aromatic heterocycles. The predicted octanol–water partition coefficient (Wildman–Crippen LogP) is 5.88. The molecule has 1 atom stereocenters. The molecule has 2 aromatic rings. The Morgan fingerprint density at radius 3 is 2.40 bits per heavy atom. The largest absolute Gasteiger partial charge is 0.466 e. The Kier molecular flexibility index (Phi) is 5.51. The lowest BCUT2D eigenvalue weighted by Gasteiger charge is -2.19. The molecule has 0 spiro atoms. The van der Waals surface area contributed by atoms with Gasteiger partial charge in [0.25, 0.3) is 0 Å². The monoisotopic (exact) mass is 419 g/mol. The average Bonchev–Trinajstić information content (AvgIpc) is 2.83. The fourth-order valence-electron chi connectivity index (χ4n) is 2.44. The number of nitrogens with one attached hydrogen (secondary N) is 1. The zero-order chi connectivity index (χ0) is 14.9. The first-order valence-electron chi connectivity index (χ1n) is 6.70. The van der Waals surface area contributed by atoms with Crippen molar-refractivity contribution in [3.05, 3.63) is 41.9 Å². The van der Waals surface area contributed by atoms with E-state index in [2.05, 4.69) is 57.1 Å². The number of rotatable bonds is 5. The van der Waals surface area contributed by atoms with E-state index in [9.17, 15) is 0 Å². The van der Waals surface area contributed by atoms with Gasteiger partial charge in [-0.05, 0) is 82.8 Å². The third-order valence-corrected chi connectivity index (χ3v) is 5.88. The zero-order valence-corrected chi connectivity index (χ0v) is 16.1. The second kappa shape index (κ2) is 6.77. The number of thiophene rings is 1. The van der Waals surface area contributed by atoms with Crippen LogP contribution in [0.25, 0.3) is 0 Å². The lowest BCUT2D eigenvalue weighted by molar-refractivity contribution is 0.493. The molecule has 0 saturated carbocycles. The van der Waals surface area contributed by atoms with Gasteiger partial charge in [-0.3, -0.25) is 0 Å². The van der Waals surface area contributed by atoms with Crippen molar-refractivity contribution < 1.29 is 4.42 Å². The van der Waals surface area contributed by atoms with Gasteiger partial charge >= 0.3 is 0 Å². The van der Waals surface area contributed by atoms with Gasteiger partial charge in [0, 0.05) is 5.56 Å². The maximum atomic E-state index is 5.81. The highest BCUT2D eigenvalue weighted by molar-refractivity contribution is 9.12. The molecule has 0 aliphatic heterocycles. The number of furan rings is 1. The van der Waals surface area contributed by atoms with Gasteiger partial charge in [0.05, 0.1) is 13.6 Å². The molecule has 2 rings (SSSR count). The Balaban J connectivity index is 2.50. The normalized spacial score (nSPS) is 12.9. The first-order chi connectivity index (χ1) is 9.45. The van der Waals surface area contributed by atoms with Crippen LogP contribution in [-0.2, 0) is 0 Å². The molecule has 0 radical (unpaired) electrons. The van der Waals surface area contributed by atoms with Crippen molar-refractivity contribution in [2.45, 2.75) is 40.2 Å². The van der Waals surface area contributed by atoms with E-state index < -0.39 is 0 Å². The van der Waals surface area contributed by atoms with Crippen molar-refractivity contribution in [2.75, 3.05) is 6.54 Å². The molecule has 0 aromatic carbocycles. The second-order valence-corrected chi connectivity index (χ2v) is 8.67. The minimum Gasteiger partial charge on any atom is -0.466 e. The summed E-state index contributed by atoms with van der Waals surface area (Å²) in [5, 5.41) is 3.65. The lowest BCUT2D eigenvalue weighted by atomic mass is 9.97. The molecule has 2 nitrogen and oxygen atoms in total. The Morgan fingerprint density at radius 2 is 1.95 bits per heavy atom. The van der Waals surface area contributed by atoms with E-state index in [1.807, 2.05) is 13.8 Å². The second-order valence-electron chi connectivity index (χ2n) is 4.92. The molecule has 0 aliphatic rings. The number of halogens is 2. The van der Waals surface area contributed by atoms with E-state index in [0.29, 0.717) is 0 Å². The number of hydrogen-bond acceptors (Lipinski definition) is 3. The molecule has 2 heterocycles. The van der Waals surface area contributed by atoms with Gasteiger partial charge < -0.3 is 9.73 Å². The van der Waals surface area contributed by atoms with Crippen LogP contribution in [0.2, 0.25) is 0 Å². The van der Waals surface area contributed by atoms with E-state index in [4.69, 9.17) is 4.42 Å². The molecule has 5 heteroatoms. The van der Waals surface area contributed by atoms with Crippen molar-refractivity contribution in [3.63, 3.8) is 0 Å². The van der Waals surface area contributed by atoms with Crippen LogP contribution < -0.4 is 5.32 Å². The van der Waals surface area contributed by atoms with Gasteiger partial charge in [0.2, 0.25) is 0 Å². The molecule has 20 heavy (non-hydrogen) atoms. The van der Waals surface area contributed by atoms with Gasteiger partial charge in [-0.25, -0.2) is 0 Å². The number of hydrogen-bond donors (Lipinski definition) is 1. The van der Waals surface area contributed by atoms with Crippen LogP contribution >= 0.6 is 43.2 Å². The summed E-state index contributed by atoms with van der Waals surface area (Å²) in [6.07, 6.45) is 1.11. The van der Waals surface area contributed by atoms with Crippen molar-refractivity contribution in [1.29, 1.82) is 0 Å². The van der Waals surface area contributed by atoms with Gasteiger partial charge in [-0.2, -0.15) is 0 Å². The van der Waals surface area contributed by atoms with E-state index in [1.54, 1.807) is 11.3 Å². The first-order valence-corrected chi connectivity index (χ1v) is 9.10. The summed E-state index contributed by atoms with van der Waals surface area (Å²) in [6, 6.07) is 2.35. The predicted molar refractivity (Wildman–Crippen MR) is 92.8 cm³/mol. The van der Waals surface area contributed by atoms with Crippen LogP contribution in [0, 0.1) is 20.8 Å². The van der Waals surface area contributed by atoms with Crippen LogP contribution in [0.5, 0.6) is 0 Å². The van der Waals surface area contributed by atoms with E-state index in [1.165, 1.54) is 16.7 Å². The quantitative estimate of drug-likeness (QED) is 0.653. The molecule has 1 N–H and O–H groups in total. The lowest BCUT2D eigenvalue weighted by Crippen LogP contribution is -2.24. The maximum absolute atomic E-state index is 5.81. The van der Waals surface area contributed by atoms with Crippen molar-refractivity contribution in [2.24, 2.45) is 0 Å². The van der Waals surface area contributed by atoms with Crippen molar-refractivity contribution in [3.8, 4) is 0 Å². The molecule has 0 saturated heterocycles. The van der Waals surface area contributed by atoms with Crippen LogP contribution in [0.15, 0.2) is 18.1 Å². The Hall–Kier alpha value is -0.100. The van der Waals surface area contributed by atoms with Crippen LogP contribution in [-0.4, -0.2) is 6.54 Å². The minimum absolute atomic E-state index is 0.171. The molecule has 110 valence electrons. The Labute approximate surface area is 141 Å². The summed E-state index contributed by atoms with van der Waals surface area (Å²) < 4.78 is 8.11. The van der Waals surface area contributed by atoms with E-state index in [-0.39, 0.29) is 6.04 Å². The standard InChI is InChI=1S/C15H19Br2NOS/c1-5-6-18-14(11-7-12(16)20-15(11)17)13-8(2)9(3)19-10(13)4/h7,14,18H,5-6H2,1-4H3. The van der Waals surface area contributed by atoms with Crippen LogP contribution in [0.4, 0.5) is 0 Å². The van der Waals surface area contributed by atoms with Crippen molar-refractivity contribution >= 4 is 43.2 Å². The maximum Gasteiger partial charge on any atom is 0.106 e. The summed E-state index contributed by atoms with van der Waals surface area (Å²) in [4.78, 5) is 0. The SMILES string of the molecule is CCCNC(c1cc(Br)sc1Br)c1c(C)oc(C)c1C. The Bertz CT molecular complexity index is 603. The summed E-state index contributed by atoms with van der Waals surface area (Å²) in [6.45, 7) is 9.38. The van der Waals surface area contributed by atoms with Crippen molar-refractivity contribution in [1.82, 2.24) is 5.32 Å². The summed E-state index contributed by atoms with van der Waals surface area (Å²) in [5.41, 5.74) is 3.77. The zero-order valence-electron chi connectivity index (χ0n) is 12.1. The highest BCUT2D eigenvalue weighted by Crippen LogP contribution is 2.40. The molecule has 1 unspecified atom stereocenters. The van der Waals surface area contributed by atoms with E-state index in [0.717, 1.165) is 32.1 Å². The van der Waals surface area contributed by atoms with Gasteiger partial charge in [0.15, 0.2) is 0 Å². The average molecular weight is 421 g/mol. The smallest absolute Gasteiger partial charge is 0.106 e. The third kappa shape index (κ3) is 3.21. The molecular weight excluding hydrogens is 402 g/mol. The summed E-state index contributed by atoms with van der Waals surface area (Å²) in [5.74, 6) is 2.01.